The second kappa shape index (κ2) is 10.8. The summed E-state index contributed by atoms with van der Waals surface area (Å²) in [6.07, 6.45) is 9.50. The third-order valence-electron chi connectivity index (χ3n) is 3.06. The third kappa shape index (κ3) is 11.8. The van der Waals surface area contributed by atoms with Crippen LogP contribution >= 0.6 is 0 Å². The van der Waals surface area contributed by atoms with Crippen LogP contribution in [0.25, 0.3) is 0 Å². The van der Waals surface area contributed by atoms with Gasteiger partial charge < -0.3 is 4.74 Å². The van der Waals surface area contributed by atoms with Crippen LogP contribution < -0.4 is 0 Å². The van der Waals surface area contributed by atoms with Crippen molar-refractivity contribution in [2.75, 3.05) is 6.61 Å². The van der Waals surface area contributed by atoms with Crippen LogP contribution in [0.5, 0.6) is 0 Å². The number of hydrogen-bond donors (Lipinski definition) is 0. The van der Waals surface area contributed by atoms with Gasteiger partial charge in [0.15, 0.2) is 0 Å². The van der Waals surface area contributed by atoms with Gasteiger partial charge in [-0.25, -0.2) is 0 Å². The quantitative estimate of drug-likeness (QED) is 0.431. The Hall–Kier alpha value is -1.05. The molecule has 2 nitrogen and oxygen atoms in total. The van der Waals surface area contributed by atoms with E-state index in [-0.39, 0.29) is 5.97 Å². The van der Waals surface area contributed by atoms with Crippen LogP contribution in [-0.2, 0) is 9.53 Å². The van der Waals surface area contributed by atoms with Crippen molar-refractivity contribution >= 4 is 5.97 Å². The fraction of sp³-hybridized carbons (Fsp3) is 0.706. The summed E-state index contributed by atoms with van der Waals surface area (Å²) >= 11 is 0. The van der Waals surface area contributed by atoms with Gasteiger partial charge in [0.1, 0.15) is 0 Å². The van der Waals surface area contributed by atoms with Gasteiger partial charge in [0.2, 0.25) is 0 Å². The van der Waals surface area contributed by atoms with E-state index in [1.54, 1.807) is 0 Å². The molecule has 0 aliphatic rings. The molecule has 0 amide bonds. The van der Waals surface area contributed by atoms with Crippen molar-refractivity contribution in [3.63, 3.8) is 0 Å². The lowest BCUT2D eigenvalue weighted by Gasteiger charge is -2.09. The number of rotatable bonds is 9. The number of carbonyl (C=O) groups excluding carboxylic acids is 1. The van der Waals surface area contributed by atoms with E-state index in [9.17, 15) is 4.79 Å². The van der Waals surface area contributed by atoms with Crippen molar-refractivity contribution < 1.29 is 9.53 Å². The largest absolute Gasteiger partial charge is 0.466 e. The molecule has 110 valence electrons. The van der Waals surface area contributed by atoms with Gasteiger partial charge in [-0.15, -0.1) is 0 Å². The summed E-state index contributed by atoms with van der Waals surface area (Å²) in [6.45, 7) is 10.9. The van der Waals surface area contributed by atoms with Crippen LogP contribution in [0.15, 0.2) is 23.3 Å². The molecule has 0 aromatic heterocycles. The van der Waals surface area contributed by atoms with E-state index in [0.29, 0.717) is 18.9 Å². The van der Waals surface area contributed by atoms with E-state index >= 15 is 0 Å². The topological polar surface area (TPSA) is 26.3 Å². The minimum Gasteiger partial charge on any atom is -0.466 e. The first-order valence-corrected chi connectivity index (χ1v) is 7.40. The minimum atomic E-state index is -0.0701. The van der Waals surface area contributed by atoms with Gasteiger partial charge in [0, 0.05) is 6.42 Å². The van der Waals surface area contributed by atoms with Gasteiger partial charge in [-0.05, 0) is 59.3 Å². The van der Waals surface area contributed by atoms with Gasteiger partial charge in [-0.3, -0.25) is 4.79 Å². The highest BCUT2D eigenvalue weighted by Crippen LogP contribution is 2.14. The molecule has 1 unspecified atom stereocenters. The SMILES string of the molecule is CCOC(=O)CC(C)CCC=C(C)CCC=C(C)C. The van der Waals surface area contributed by atoms with Gasteiger partial charge in [0.05, 0.1) is 6.61 Å². The van der Waals surface area contributed by atoms with E-state index in [1.807, 2.05) is 6.92 Å². The maximum Gasteiger partial charge on any atom is 0.306 e. The Bertz CT molecular complexity index is 309. The molecule has 0 bridgehead atoms. The lowest BCUT2D eigenvalue weighted by molar-refractivity contribution is -0.144. The average Bonchev–Trinajstić information content (AvgIpc) is 2.28. The zero-order valence-corrected chi connectivity index (χ0v) is 13.3. The van der Waals surface area contributed by atoms with Crippen molar-refractivity contribution in [2.24, 2.45) is 5.92 Å². The zero-order valence-electron chi connectivity index (χ0n) is 13.3. The van der Waals surface area contributed by atoms with Crippen LogP contribution in [0, 0.1) is 5.92 Å². The predicted octanol–water partition coefficient (Wildman–Crippen LogP) is 5.05. The Morgan fingerprint density at radius 1 is 1.16 bits per heavy atom. The van der Waals surface area contributed by atoms with Crippen LogP contribution in [0.3, 0.4) is 0 Å². The summed E-state index contributed by atoms with van der Waals surface area (Å²) in [5, 5.41) is 0. The highest BCUT2D eigenvalue weighted by atomic mass is 16.5. The summed E-state index contributed by atoms with van der Waals surface area (Å²) in [4.78, 5) is 11.3. The Morgan fingerprint density at radius 3 is 2.42 bits per heavy atom. The third-order valence-corrected chi connectivity index (χ3v) is 3.06. The van der Waals surface area contributed by atoms with Crippen LogP contribution in [0.2, 0.25) is 0 Å². The molecule has 0 spiro atoms. The minimum absolute atomic E-state index is 0.0701. The molecule has 0 fully saturated rings. The standard InChI is InChI=1S/C17H30O2/c1-6-19-17(18)13-16(5)12-8-11-15(4)10-7-9-14(2)3/h9,11,16H,6-8,10,12-13H2,1-5H3. The molecule has 0 saturated carbocycles. The molecule has 0 N–H and O–H groups in total. The highest BCUT2D eigenvalue weighted by molar-refractivity contribution is 5.69. The number of esters is 1. The first-order chi connectivity index (χ1) is 8.95. The second-order valence-corrected chi connectivity index (χ2v) is 5.56. The summed E-state index contributed by atoms with van der Waals surface area (Å²) < 4.78 is 4.95. The molecular formula is C17H30O2. The van der Waals surface area contributed by atoms with E-state index in [0.717, 1.165) is 25.7 Å². The number of hydrogen-bond acceptors (Lipinski definition) is 2. The molecule has 0 saturated heterocycles. The average molecular weight is 266 g/mol. The maximum atomic E-state index is 11.3. The lowest BCUT2D eigenvalue weighted by atomic mass is 10.00. The molecule has 0 heterocycles. The molecule has 0 aromatic carbocycles. The zero-order chi connectivity index (χ0) is 14.7. The van der Waals surface area contributed by atoms with Crippen LogP contribution in [0.1, 0.15) is 66.7 Å². The Morgan fingerprint density at radius 2 is 1.84 bits per heavy atom. The highest BCUT2D eigenvalue weighted by Gasteiger charge is 2.08. The fourth-order valence-electron chi connectivity index (χ4n) is 1.91. The maximum absolute atomic E-state index is 11.3. The summed E-state index contributed by atoms with van der Waals surface area (Å²) in [7, 11) is 0. The van der Waals surface area contributed by atoms with Crippen LogP contribution in [-0.4, -0.2) is 12.6 Å². The molecule has 0 aliphatic carbocycles. The normalized spacial score (nSPS) is 13.0. The van der Waals surface area contributed by atoms with E-state index in [4.69, 9.17) is 4.74 Å². The van der Waals surface area contributed by atoms with E-state index < -0.39 is 0 Å². The molecule has 19 heavy (non-hydrogen) atoms. The van der Waals surface area contributed by atoms with Gasteiger partial charge >= 0.3 is 5.97 Å². The summed E-state index contributed by atoms with van der Waals surface area (Å²) in [5.74, 6) is 0.333. The molecular weight excluding hydrogens is 236 g/mol. The number of allylic oxidation sites excluding steroid dienone is 4. The van der Waals surface area contributed by atoms with Crippen molar-refractivity contribution in [1.82, 2.24) is 0 Å². The van der Waals surface area contributed by atoms with Crippen LogP contribution in [0.4, 0.5) is 0 Å². The van der Waals surface area contributed by atoms with E-state index in [2.05, 4.69) is 39.8 Å². The fourth-order valence-corrected chi connectivity index (χ4v) is 1.91. The van der Waals surface area contributed by atoms with E-state index in [1.165, 1.54) is 11.1 Å². The Balaban J connectivity index is 3.80. The lowest BCUT2D eigenvalue weighted by Crippen LogP contribution is -2.09. The van der Waals surface area contributed by atoms with Crippen molar-refractivity contribution in [3.05, 3.63) is 23.3 Å². The monoisotopic (exact) mass is 266 g/mol. The summed E-state index contributed by atoms with van der Waals surface area (Å²) in [5.41, 5.74) is 2.83. The van der Waals surface area contributed by atoms with Gasteiger partial charge in [0.25, 0.3) is 0 Å². The first kappa shape index (κ1) is 17.9. The first-order valence-electron chi connectivity index (χ1n) is 7.40. The van der Waals surface area contributed by atoms with Crippen molar-refractivity contribution in [1.29, 1.82) is 0 Å². The molecule has 0 rings (SSSR count). The van der Waals surface area contributed by atoms with Gasteiger partial charge in [-0.1, -0.05) is 30.2 Å². The number of ether oxygens (including phenoxy) is 1. The smallest absolute Gasteiger partial charge is 0.306 e. The predicted molar refractivity (Wildman–Crippen MR) is 82.1 cm³/mol. The molecule has 0 radical (unpaired) electrons. The Labute approximate surface area is 118 Å². The molecule has 0 aliphatic heterocycles. The Kier molecular flexibility index (Phi) is 10.2. The van der Waals surface area contributed by atoms with Crippen molar-refractivity contribution in [2.45, 2.75) is 66.7 Å². The molecule has 0 aromatic rings. The van der Waals surface area contributed by atoms with Gasteiger partial charge in [-0.2, -0.15) is 0 Å². The second-order valence-electron chi connectivity index (χ2n) is 5.56. The number of carbonyl (C=O) groups is 1. The van der Waals surface area contributed by atoms with Crippen molar-refractivity contribution in [3.8, 4) is 0 Å². The molecule has 2 heteroatoms. The molecule has 1 atom stereocenters. The summed E-state index contributed by atoms with van der Waals surface area (Å²) in [6, 6.07) is 0.